The van der Waals surface area contributed by atoms with E-state index in [0.29, 0.717) is 16.8 Å². The monoisotopic (exact) mass is 376 g/mol. The highest BCUT2D eigenvalue weighted by Crippen LogP contribution is 2.17. The minimum Gasteiger partial charge on any atom is -0.423 e. The van der Waals surface area contributed by atoms with Crippen molar-refractivity contribution < 1.29 is 9.53 Å². The number of ether oxygens (including phenoxy) is 1. The topological polar surface area (TPSA) is 52.1 Å². The molecule has 0 aliphatic heterocycles. The first-order valence-corrected chi connectivity index (χ1v) is 6.99. The van der Waals surface area contributed by atoms with Crippen LogP contribution in [0.2, 0.25) is 0 Å². The Morgan fingerprint density at radius 3 is 2.40 bits per heavy atom. The summed E-state index contributed by atoms with van der Waals surface area (Å²) in [4.78, 5) is 20.4. The number of hydrogen-bond donors (Lipinski definition) is 0. The van der Waals surface area contributed by atoms with E-state index in [0.717, 1.165) is 9.09 Å². The van der Waals surface area contributed by atoms with Gasteiger partial charge in [0.25, 0.3) is 0 Å². The normalized spacial score (nSPS) is 10.4. The maximum absolute atomic E-state index is 12.1. The number of rotatable bonds is 2. The van der Waals surface area contributed by atoms with E-state index in [1.807, 2.05) is 12.1 Å². The van der Waals surface area contributed by atoms with Crippen LogP contribution in [-0.2, 0) is 0 Å². The molecule has 0 N–H and O–H groups in total. The molecular formula is C15H9IN2O2. The van der Waals surface area contributed by atoms with Gasteiger partial charge < -0.3 is 4.74 Å². The van der Waals surface area contributed by atoms with Gasteiger partial charge in [0, 0.05) is 16.0 Å². The van der Waals surface area contributed by atoms with E-state index in [1.54, 1.807) is 42.7 Å². The molecule has 1 heterocycles. The molecule has 2 aromatic carbocycles. The number of fused-ring (bicyclic) bond motifs is 1. The molecule has 98 valence electrons. The Hall–Kier alpha value is -2.02. The van der Waals surface area contributed by atoms with Crippen LogP contribution in [0.5, 0.6) is 5.75 Å². The molecule has 0 unspecified atom stereocenters. The number of nitrogens with zero attached hydrogens (tertiary/aromatic N) is 2. The standard InChI is InChI=1S/C15H9IN2O2/c16-11-2-4-12(5-3-11)20-15(19)10-1-6-13-14(9-10)18-8-7-17-13/h1-9H. The Morgan fingerprint density at radius 1 is 0.950 bits per heavy atom. The third-order valence-electron chi connectivity index (χ3n) is 2.73. The van der Waals surface area contributed by atoms with Crippen LogP contribution >= 0.6 is 22.6 Å². The van der Waals surface area contributed by atoms with Crippen molar-refractivity contribution in [2.75, 3.05) is 0 Å². The van der Waals surface area contributed by atoms with E-state index in [1.165, 1.54) is 0 Å². The van der Waals surface area contributed by atoms with Gasteiger partial charge in [0.2, 0.25) is 0 Å². The zero-order valence-corrected chi connectivity index (χ0v) is 12.4. The van der Waals surface area contributed by atoms with Crippen LogP contribution in [0.25, 0.3) is 11.0 Å². The third kappa shape index (κ3) is 2.77. The van der Waals surface area contributed by atoms with E-state index in [9.17, 15) is 4.79 Å². The number of benzene rings is 2. The van der Waals surface area contributed by atoms with E-state index in [4.69, 9.17) is 4.74 Å². The highest BCUT2D eigenvalue weighted by atomic mass is 127. The molecule has 0 amide bonds. The average Bonchev–Trinajstić information content (AvgIpc) is 2.49. The molecule has 3 aromatic rings. The van der Waals surface area contributed by atoms with Gasteiger partial charge in [-0.25, -0.2) is 4.79 Å². The van der Waals surface area contributed by atoms with Crippen LogP contribution in [0.1, 0.15) is 10.4 Å². The van der Waals surface area contributed by atoms with Gasteiger partial charge in [-0.15, -0.1) is 0 Å². The zero-order chi connectivity index (χ0) is 13.9. The molecular weight excluding hydrogens is 367 g/mol. The fraction of sp³-hybridized carbons (Fsp3) is 0. The van der Waals surface area contributed by atoms with Crippen molar-refractivity contribution in [1.82, 2.24) is 9.97 Å². The first-order valence-electron chi connectivity index (χ1n) is 5.91. The lowest BCUT2D eigenvalue weighted by Gasteiger charge is -2.05. The smallest absolute Gasteiger partial charge is 0.343 e. The summed E-state index contributed by atoms with van der Waals surface area (Å²) in [6.45, 7) is 0. The van der Waals surface area contributed by atoms with Crippen LogP contribution in [0, 0.1) is 3.57 Å². The molecule has 0 aliphatic carbocycles. The molecule has 5 heteroatoms. The van der Waals surface area contributed by atoms with Crippen LogP contribution in [0.4, 0.5) is 0 Å². The Kier molecular flexibility index (Phi) is 3.60. The summed E-state index contributed by atoms with van der Waals surface area (Å²) in [6.07, 6.45) is 3.21. The molecule has 0 saturated carbocycles. The van der Waals surface area contributed by atoms with Crippen molar-refractivity contribution in [3.63, 3.8) is 0 Å². The predicted octanol–water partition coefficient (Wildman–Crippen LogP) is 3.45. The minimum absolute atomic E-state index is 0.404. The first-order chi connectivity index (χ1) is 9.72. The van der Waals surface area contributed by atoms with E-state index < -0.39 is 5.97 Å². The van der Waals surface area contributed by atoms with E-state index in [2.05, 4.69) is 32.6 Å². The molecule has 20 heavy (non-hydrogen) atoms. The molecule has 0 aliphatic rings. The Morgan fingerprint density at radius 2 is 1.65 bits per heavy atom. The Balaban J connectivity index is 1.86. The molecule has 1 aromatic heterocycles. The minimum atomic E-state index is -0.404. The highest BCUT2D eigenvalue weighted by molar-refractivity contribution is 14.1. The summed E-state index contributed by atoms with van der Waals surface area (Å²) in [5.74, 6) is 0.119. The van der Waals surface area contributed by atoms with Gasteiger partial charge in [-0.1, -0.05) is 0 Å². The average molecular weight is 376 g/mol. The molecule has 0 fully saturated rings. The summed E-state index contributed by atoms with van der Waals surface area (Å²) in [5, 5.41) is 0. The van der Waals surface area contributed by atoms with Crippen LogP contribution in [0.15, 0.2) is 54.9 Å². The number of hydrogen-bond acceptors (Lipinski definition) is 4. The van der Waals surface area contributed by atoms with Gasteiger partial charge in [0.15, 0.2) is 0 Å². The van der Waals surface area contributed by atoms with Crippen molar-refractivity contribution in [1.29, 1.82) is 0 Å². The van der Waals surface area contributed by atoms with Crippen molar-refractivity contribution in [2.24, 2.45) is 0 Å². The molecule has 3 rings (SSSR count). The lowest BCUT2D eigenvalue weighted by Crippen LogP contribution is -2.08. The summed E-state index contributed by atoms with van der Waals surface area (Å²) in [6, 6.07) is 12.4. The van der Waals surface area contributed by atoms with Crippen molar-refractivity contribution in [3.8, 4) is 5.75 Å². The lowest BCUT2D eigenvalue weighted by molar-refractivity contribution is 0.0735. The molecule has 0 bridgehead atoms. The first kappa shape index (κ1) is 13.0. The number of halogens is 1. The molecule has 0 saturated heterocycles. The number of aromatic nitrogens is 2. The zero-order valence-electron chi connectivity index (χ0n) is 10.3. The predicted molar refractivity (Wildman–Crippen MR) is 83.7 cm³/mol. The molecule has 0 radical (unpaired) electrons. The number of esters is 1. The quantitative estimate of drug-likeness (QED) is 0.391. The van der Waals surface area contributed by atoms with E-state index >= 15 is 0 Å². The number of carbonyl (C=O) groups is 1. The van der Waals surface area contributed by atoms with E-state index in [-0.39, 0.29) is 0 Å². The maximum Gasteiger partial charge on any atom is 0.343 e. The maximum atomic E-state index is 12.1. The summed E-state index contributed by atoms with van der Waals surface area (Å²) < 4.78 is 6.40. The van der Waals surface area contributed by atoms with Crippen LogP contribution < -0.4 is 4.74 Å². The molecule has 4 nitrogen and oxygen atoms in total. The van der Waals surface area contributed by atoms with Crippen LogP contribution in [-0.4, -0.2) is 15.9 Å². The van der Waals surface area contributed by atoms with Gasteiger partial charge in [0.05, 0.1) is 16.6 Å². The largest absolute Gasteiger partial charge is 0.423 e. The van der Waals surface area contributed by atoms with Gasteiger partial charge in [-0.3, -0.25) is 9.97 Å². The van der Waals surface area contributed by atoms with Gasteiger partial charge >= 0.3 is 5.97 Å². The Labute approximate surface area is 129 Å². The third-order valence-corrected chi connectivity index (χ3v) is 3.45. The highest BCUT2D eigenvalue weighted by Gasteiger charge is 2.09. The lowest BCUT2D eigenvalue weighted by atomic mass is 10.2. The van der Waals surface area contributed by atoms with Gasteiger partial charge in [0.1, 0.15) is 5.75 Å². The second-order valence-corrected chi connectivity index (χ2v) is 5.35. The van der Waals surface area contributed by atoms with Crippen LogP contribution in [0.3, 0.4) is 0 Å². The SMILES string of the molecule is O=C(Oc1ccc(I)cc1)c1ccc2nccnc2c1. The summed E-state index contributed by atoms with van der Waals surface area (Å²) >= 11 is 2.20. The fourth-order valence-corrected chi connectivity index (χ4v) is 2.12. The van der Waals surface area contributed by atoms with Gasteiger partial charge in [-0.2, -0.15) is 0 Å². The Bertz CT molecular complexity index is 772. The van der Waals surface area contributed by atoms with Crippen molar-refractivity contribution in [3.05, 3.63) is 64.0 Å². The molecule has 0 atom stereocenters. The van der Waals surface area contributed by atoms with Crippen molar-refractivity contribution >= 4 is 39.6 Å². The van der Waals surface area contributed by atoms with Crippen molar-refractivity contribution in [2.45, 2.75) is 0 Å². The number of carbonyl (C=O) groups excluding carboxylic acids is 1. The van der Waals surface area contributed by atoms with Gasteiger partial charge in [-0.05, 0) is 65.1 Å². The molecule has 0 spiro atoms. The second-order valence-electron chi connectivity index (χ2n) is 4.10. The summed E-state index contributed by atoms with van der Waals surface area (Å²) in [7, 11) is 0. The summed E-state index contributed by atoms with van der Waals surface area (Å²) in [5.41, 5.74) is 1.87. The second kappa shape index (κ2) is 5.54. The fourth-order valence-electron chi connectivity index (χ4n) is 1.76.